The van der Waals surface area contributed by atoms with Gasteiger partial charge in [0.15, 0.2) is 11.2 Å². The van der Waals surface area contributed by atoms with Gasteiger partial charge in [0.1, 0.15) is 11.6 Å². The molecule has 7 nitrogen and oxygen atoms in total. The van der Waals surface area contributed by atoms with Crippen molar-refractivity contribution in [2.24, 2.45) is 0 Å². The fourth-order valence-electron chi connectivity index (χ4n) is 4.34. The molecule has 1 aliphatic heterocycles. The molecular formula is C20H15F3N6OS. The van der Waals surface area contributed by atoms with Crippen LogP contribution in [0.2, 0.25) is 0 Å². The number of anilines is 2. The van der Waals surface area contributed by atoms with Gasteiger partial charge in [0, 0.05) is 11.1 Å². The summed E-state index contributed by atoms with van der Waals surface area (Å²) in [5.41, 5.74) is -2.13. The third-order valence-electron chi connectivity index (χ3n) is 5.99. The largest absolute Gasteiger partial charge is 0.419 e. The van der Waals surface area contributed by atoms with E-state index in [2.05, 4.69) is 27.8 Å². The second-order valence-electron chi connectivity index (χ2n) is 7.62. The Kier molecular flexibility index (Phi) is 4.20. The number of alkyl halides is 3. The summed E-state index contributed by atoms with van der Waals surface area (Å²) in [6.45, 7) is 0. The number of benzene rings is 1. The van der Waals surface area contributed by atoms with Gasteiger partial charge in [-0.15, -0.1) is 12.6 Å². The lowest BCUT2D eigenvalue weighted by molar-refractivity contribution is -0.138. The van der Waals surface area contributed by atoms with Crippen molar-refractivity contribution in [1.29, 1.82) is 5.26 Å². The number of fused-ring (bicyclic) bond motifs is 1. The number of aromatic nitrogens is 3. The van der Waals surface area contributed by atoms with Gasteiger partial charge in [0.2, 0.25) is 0 Å². The zero-order valence-electron chi connectivity index (χ0n) is 15.9. The molecule has 1 saturated carbocycles. The van der Waals surface area contributed by atoms with Gasteiger partial charge >= 0.3 is 6.18 Å². The van der Waals surface area contributed by atoms with Crippen LogP contribution in [0.5, 0.6) is 0 Å². The van der Waals surface area contributed by atoms with E-state index in [1.54, 1.807) is 6.20 Å². The zero-order valence-corrected chi connectivity index (χ0v) is 16.8. The number of H-pyrrole nitrogens is 1. The van der Waals surface area contributed by atoms with Gasteiger partial charge in [-0.25, -0.2) is 4.98 Å². The highest BCUT2D eigenvalue weighted by atomic mass is 32.1. The smallest absolute Gasteiger partial charge is 0.328 e. The summed E-state index contributed by atoms with van der Waals surface area (Å²) in [6.07, 6.45) is -0.0377. The molecule has 158 valence electrons. The van der Waals surface area contributed by atoms with Crippen LogP contribution in [0, 0.1) is 11.3 Å². The number of amides is 1. The van der Waals surface area contributed by atoms with E-state index in [9.17, 15) is 18.0 Å². The first-order valence-corrected chi connectivity index (χ1v) is 9.99. The summed E-state index contributed by atoms with van der Waals surface area (Å²) < 4.78 is 40.4. The summed E-state index contributed by atoms with van der Waals surface area (Å²) in [6, 6.07) is 7.79. The number of carbonyl (C=O) groups is 1. The van der Waals surface area contributed by atoms with Crippen molar-refractivity contribution in [2.45, 2.75) is 36.5 Å². The van der Waals surface area contributed by atoms with Crippen molar-refractivity contribution in [3.8, 4) is 6.07 Å². The second-order valence-corrected chi connectivity index (χ2v) is 8.08. The molecule has 1 unspecified atom stereocenters. The van der Waals surface area contributed by atoms with Crippen molar-refractivity contribution in [1.82, 2.24) is 15.2 Å². The summed E-state index contributed by atoms with van der Waals surface area (Å²) in [4.78, 5) is 20.2. The van der Waals surface area contributed by atoms with E-state index in [1.165, 1.54) is 11.0 Å². The van der Waals surface area contributed by atoms with E-state index < -0.39 is 28.5 Å². The summed E-state index contributed by atoms with van der Waals surface area (Å²) in [7, 11) is 0. The minimum absolute atomic E-state index is 0.0468. The summed E-state index contributed by atoms with van der Waals surface area (Å²) in [5.74, 6) is -0.328. The van der Waals surface area contributed by atoms with Crippen molar-refractivity contribution in [2.75, 3.05) is 9.80 Å². The Bertz CT molecular complexity index is 1250. The Morgan fingerprint density at radius 2 is 2.00 bits per heavy atom. The Balaban J connectivity index is 1.62. The monoisotopic (exact) mass is 444 g/mol. The Morgan fingerprint density at radius 1 is 1.23 bits per heavy atom. The molecule has 1 aliphatic carbocycles. The molecule has 2 fully saturated rings. The Hall–Kier alpha value is -3.26. The number of hydrogen-bond donors (Lipinski definition) is 2. The maximum atomic E-state index is 13.5. The first-order chi connectivity index (χ1) is 14.8. The molecule has 2 aromatic heterocycles. The lowest BCUT2D eigenvalue weighted by atomic mass is 9.75. The summed E-state index contributed by atoms with van der Waals surface area (Å²) >= 11 is 4.63. The van der Waals surface area contributed by atoms with Gasteiger partial charge in [0.25, 0.3) is 5.91 Å². The average Bonchev–Trinajstić information content (AvgIpc) is 3.26. The number of aromatic amines is 1. The highest BCUT2D eigenvalue weighted by Crippen LogP contribution is 2.50. The fraction of sp³-hybridized carbons (Fsp3) is 0.300. The molecule has 1 N–H and O–H groups in total. The molecule has 1 amide bonds. The van der Waals surface area contributed by atoms with Crippen LogP contribution in [0.3, 0.4) is 0 Å². The lowest BCUT2D eigenvalue weighted by Crippen LogP contribution is -2.55. The van der Waals surface area contributed by atoms with E-state index in [-0.39, 0.29) is 11.6 Å². The molecule has 0 bridgehead atoms. The molecule has 1 spiro atoms. The van der Waals surface area contributed by atoms with Gasteiger partial charge < -0.3 is 4.90 Å². The van der Waals surface area contributed by atoms with E-state index >= 15 is 0 Å². The van der Waals surface area contributed by atoms with Crippen molar-refractivity contribution < 1.29 is 18.0 Å². The number of pyridine rings is 1. The molecule has 1 atom stereocenters. The second kappa shape index (κ2) is 6.62. The number of nitrogens with one attached hydrogen (secondary N) is 1. The van der Waals surface area contributed by atoms with Crippen LogP contribution >= 0.6 is 12.6 Å². The molecule has 2 aliphatic rings. The van der Waals surface area contributed by atoms with Crippen LogP contribution in [0.4, 0.5) is 24.5 Å². The summed E-state index contributed by atoms with van der Waals surface area (Å²) in [5, 5.41) is 16.7. The normalized spacial score (nSPS) is 20.4. The lowest BCUT2D eigenvalue weighted by Gasteiger charge is -2.44. The van der Waals surface area contributed by atoms with Crippen LogP contribution in [0.15, 0.2) is 36.7 Å². The predicted octanol–water partition coefficient (Wildman–Crippen LogP) is 3.84. The van der Waals surface area contributed by atoms with Crippen LogP contribution in [0.1, 0.15) is 30.5 Å². The van der Waals surface area contributed by atoms with Gasteiger partial charge in [-0.2, -0.15) is 23.5 Å². The number of nitriles is 1. The molecule has 1 aromatic carbocycles. The fourth-order valence-corrected chi connectivity index (χ4v) is 4.93. The standard InChI is InChI=1S/C20H15F3N6OS/c21-20(22,23)14-7-13(10-25-16(14)8-24)28-17(30)19(4-1-5-19)29(18(28)31)12-2-3-15-11(6-12)9-26-27-15/h2-3,6-7,9-10,18,31H,1,4-5H2,(H,26,27). The number of rotatable bonds is 2. The number of thiol groups is 1. The molecule has 0 radical (unpaired) electrons. The molecule has 1 saturated heterocycles. The molecule has 31 heavy (non-hydrogen) atoms. The quantitative estimate of drug-likeness (QED) is 0.587. The molecule has 3 aromatic rings. The van der Waals surface area contributed by atoms with Gasteiger partial charge in [-0.1, -0.05) is 0 Å². The molecule has 5 rings (SSSR count). The van der Waals surface area contributed by atoms with Crippen molar-refractivity contribution >= 4 is 40.8 Å². The minimum atomic E-state index is -4.77. The minimum Gasteiger partial charge on any atom is -0.328 e. The number of nitrogens with zero attached hydrogens (tertiary/aromatic N) is 5. The van der Waals surface area contributed by atoms with E-state index in [0.717, 1.165) is 35.3 Å². The van der Waals surface area contributed by atoms with Gasteiger partial charge in [-0.3, -0.25) is 14.8 Å². The Morgan fingerprint density at radius 3 is 2.65 bits per heavy atom. The van der Waals surface area contributed by atoms with Gasteiger partial charge in [0.05, 0.1) is 29.2 Å². The number of carbonyl (C=O) groups excluding carboxylic acids is 1. The zero-order chi connectivity index (χ0) is 22.0. The van der Waals surface area contributed by atoms with Crippen molar-refractivity contribution in [3.05, 3.63) is 47.9 Å². The highest BCUT2D eigenvalue weighted by molar-refractivity contribution is 7.81. The number of hydrogen-bond acceptors (Lipinski definition) is 6. The van der Waals surface area contributed by atoms with Crippen LogP contribution in [-0.4, -0.2) is 32.1 Å². The van der Waals surface area contributed by atoms with Crippen LogP contribution in [-0.2, 0) is 11.0 Å². The molecule has 3 heterocycles. The van der Waals surface area contributed by atoms with E-state index in [1.807, 2.05) is 23.1 Å². The highest BCUT2D eigenvalue weighted by Gasteiger charge is 2.60. The molecule has 11 heteroatoms. The van der Waals surface area contributed by atoms with E-state index in [0.29, 0.717) is 12.8 Å². The average molecular weight is 444 g/mol. The maximum absolute atomic E-state index is 13.5. The van der Waals surface area contributed by atoms with Crippen LogP contribution < -0.4 is 9.80 Å². The number of halogens is 3. The molecular weight excluding hydrogens is 429 g/mol. The third-order valence-corrected chi connectivity index (χ3v) is 6.45. The SMILES string of the molecule is N#Cc1ncc(N2C(=O)C3(CCC3)N(c3ccc4[nH]ncc4c3)C2S)cc1C(F)(F)F. The predicted molar refractivity (Wildman–Crippen MR) is 109 cm³/mol. The topological polar surface area (TPSA) is 88.9 Å². The van der Waals surface area contributed by atoms with Crippen molar-refractivity contribution in [3.63, 3.8) is 0 Å². The third kappa shape index (κ3) is 2.78. The van der Waals surface area contributed by atoms with Gasteiger partial charge in [-0.05, 0) is 43.5 Å². The first kappa shape index (κ1) is 19.7. The van der Waals surface area contributed by atoms with E-state index in [4.69, 9.17) is 5.26 Å². The maximum Gasteiger partial charge on any atom is 0.419 e. The first-order valence-electron chi connectivity index (χ1n) is 9.48. The van der Waals surface area contributed by atoms with Crippen LogP contribution in [0.25, 0.3) is 10.9 Å². The Labute approximate surface area is 179 Å².